The molecule has 0 aliphatic carbocycles. The van der Waals surface area contributed by atoms with Gasteiger partial charge in [0.05, 0.1) is 31.5 Å². The number of ether oxygens (including phenoxy) is 2. The first kappa shape index (κ1) is 34.7. The molecule has 218 valence electrons. The van der Waals surface area contributed by atoms with Crippen LogP contribution in [0, 0.1) is 17.1 Å². The standard InChI is InChI=1S/C29H49FNO6P/c1-2-3-4-5-6-7-8-9-10-11-12-13-14-15-16-17-18-35-24-29(25-37-38(32,33)34)36-23-27-19-26(22-31)20-28(30)21-27/h19-21,29H,2-18,23-25H2,1H3,(H2,32,33,34). The lowest BCUT2D eigenvalue weighted by molar-refractivity contribution is -0.0493. The Bertz CT molecular complexity index is 813. The Morgan fingerprint density at radius 1 is 0.842 bits per heavy atom. The highest BCUT2D eigenvalue weighted by Crippen LogP contribution is 2.36. The Labute approximate surface area is 229 Å². The molecular weight excluding hydrogens is 508 g/mol. The summed E-state index contributed by atoms with van der Waals surface area (Å²) in [6, 6.07) is 5.76. The quantitative estimate of drug-likeness (QED) is 0.0927. The molecule has 1 unspecified atom stereocenters. The average molecular weight is 558 g/mol. The molecule has 1 atom stereocenters. The van der Waals surface area contributed by atoms with Crippen molar-refractivity contribution in [2.75, 3.05) is 19.8 Å². The SMILES string of the molecule is CCCCCCCCCCCCCCCCCCOCC(COP(=O)(O)O)OCc1cc(F)cc(C#N)c1. The van der Waals surface area contributed by atoms with Gasteiger partial charge in [0.15, 0.2) is 0 Å². The first-order chi connectivity index (χ1) is 18.3. The normalized spacial score (nSPS) is 12.5. The maximum atomic E-state index is 13.6. The van der Waals surface area contributed by atoms with Crippen molar-refractivity contribution in [3.05, 3.63) is 35.1 Å². The van der Waals surface area contributed by atoms with E-state index in [1.165, 1.54) is 102 Å². The number of hydrogen-bond acceptors (Lipinski definition) is 5. The molecule has 1 rings (SSSR count). The summed E-state index contributed by atoms with van der Waals surface area (Å²) in [4.78, 5) is 18.0. The lowest BCUT2D eigenvalue weighted by Gasteiger charge is -2.19. The number of benzene rings is 1. The maximum Gasteiger partial charge on any atom is 0.469 e. The van der Waals surface area contributed by atoms with Gasteiger partial charge in [-0.25, -0.2) is 8.96 Å². The van der Waals surface area contributed by atoms with E-state index >= 15 is 0 Å². The summed E-state index contributed by atoms with van der Waals surface area (Å²) < 4.78 is 40.6. The van der Waals surface area contributed by atoms with Crippen LogP contribution in [-0.2, 0) is 25.2 Å². The molecule has 9 heteroatoms. The molecule has 0 amide bonds. The van der Waals surface area contributed by atoms with Crippen molar-refractivity contribution >= 4 is 7.82 Å². The van der Waals surface area contributed by atoms with Crippen molar-refractivity contribution < 1.29 is 32.7 Å². The topological polar surface area (TPSA) is 109 Å². The third-order valence-electron chi connectivity index (χ3n) is 6.45. The zero-order valence-electron chi connectivity index (χ0n) is 23.3. The minimum Gasteiger partial charge on any atom is -0.379 e. The first-order valence-electron chi connectivity index (χ1n) is 14.4. The highest BCUT2D eigenvalue weighted by atomic mass is 31.2. The Hall–Kier alpha value is -1.33. The molecule has 0 radical (unpaired) electrons. The van der Waals surface area contributed by atoms with Crippen LogP contribution in [0.2, 0.25) is 0 Å². The van der Waals surface area contributed by atoms with Gasteiger partial charge in [0.25, 0.3) is 0 Å². The van der Waals surface area contributed by atoms with Crippen LogP contribution in [0.1, 0.15) is 121 Å². The zero-order valence-corrected chi connectivity index (χ0v) is 24.1. The number of hydrogen-bond donors (Lipinski definition) is 2. The van der Waals surface area contributed by atoms with Crippen LogP contribution in [0.4, 0.5) is 4.39 Å². The van der Waals surface area contributed by atoms with Gasteiger partial charge in [-0.05, 0) is 30.2 Å². The van der Waals surface area contributed by atoms with Crippen molar-refractivity contribution in [3.8, 4) is 6.07 Å². The van der Waals surface area contributed by atoms with Crippen molar-refractivity contribution in [2.24, 2.45) is 0 Å². The zero-order chi connectivity index (χ0) is 27.9. The summed E-state index contributed by atoms with van der Waals surface area (Å²) in [5.41, 5.74) is 0.617. The van der Waals surface area contributed by atoms with Crippen LogP contribution in [0.3, 0.4) is 0 Å². The third kappa shape index (κ3) is 20.6. The average Bonchev–Trinajstić information content (AvgIpc) is 2.88. The molecule has 2 N–H and O–H groups in total. The molecule has 1 aromatic rings. The summed E-state index contributed by atoms with van der Waals surface area (Å²) >= 11 is 0. The fourth-order valence-electron chi connectivity index (χ4n) is 4.30. The molecule has 0 saturated heterocycles. The highest BCUT2D eigenvalue weighted by Gasteiger charge is 2.19. The van der Waals surface area contributed by atoms with Crippen molar-refractivity contribution in [1.82, 2.24) is 0 Å². The van der Waals surface area contributed by atoms with Gasteiger partial charge in [-0.15, -0.1) is 0 Å². The van der Waals surface area contributed by atoms with E-state index in [4.69, 9.17) is 24.5 Å². The number of halogens is 1. The van der Waals surface area contributed by atoms with Crippen LogP contribution in [0.5, 0.6) is 0 Å². The molecule has 0 heterocycles. The molecule has 0 spiro atoms. The molecule has 0 aromatic heterocycles. The minimum atomic E-state index is -4.65. The van der Waals surface area contributed by atoms with E-state index < -0.39 is 19.7 Å². The largest absolute Gasteiger partial charge is 0.469 e. The second-order valence-corrected chi connectivity index (χ2v) is 11.3. The second-order valence-electron chi connectivity index (χ2n) is 10.1. The molecule has 0 aliphatic rings. The van der Waals surface area contributed by atoms with Crippen LogP contribution < -0.4 is 0 Å². The van der Waals surface area contributed by atoms with Gasteiger partial charge in [-0.2, -0.15) is 5.26 Å². The summed E-state index contributed by atoms with van der Waals surface area (Å²) in [6.07, 6.45) is 20.0. The predicted molar refractivity (Wildman–Crippen MR) is 148 cm³/mol. The smallest absolute Gasteiger partial charge is 0.379 e. The molecule has 0 fully saturated rings. The van der Waals surface area contributed by atoms with Gasteiger partial charge in [0.2, 0.25) is 0 Å². The van der Waals surface area contributed by atoms with E-state index in [1.807, 2.05) is 6.07 Å². The summed E-state index contributed by atoms with van der Waals surface area (Å²) in [5.74, 6) is -0.551. The predicted octanol–water partition coefficient (Wildman–Crippen LogP) is 7.97. The van der Waals surface area contributed by atoms with E-state index in [2.05, 4.69) is 11.4 Å². The van der Waals surface area contributed by atoms with E-state index in [0.717, 1.165) is 18.9 Å². The van der Waals surface area contributed by atoms with Gasteiger partial charge in [-0.3, -0.25) is 4.52 Å². The van der Waals surface area contributed by atoms with Crippen LogP contribution >= 0.6 is 7.82 Å². The molecule has 7 nitrogen and oxygen atoms in total. The van der Waals surface area contributed by atoms with Gasteiger partial charge < -0.3 is 19.3 Å². The van der Waals surface area contributed by atoms with Crippen molar-refractivity contribution in [3.63, 3.8) is 0 Å². The van der Waals surface area contributed by atoms with Gasteiger partial charge in [0.1, 0.15) is 11.9 Å². The first-order valence-corrected chi connectivity index (χ1v) is 16.0. The van der Waals surface area contributed by atoms with Gasteiger partial charge in [-0.1, -0.05) is 103 Å². The monoisotopic (exact) mass is 557 g/mol. The van der Waals surface area contributed by atoms with Crippen LogP contribution in [0.15, 0.2) is 18.2 Å². The number of phosphoric ester groups is 1. The van der Waals surface area contributed by atoms with Crippen LogP contribution in [-0.4, -0.2) is 35.7 Å². The number of nitrogens with zero attached hydrogens (tertiary/aromatic N) is 1. The van der Waals surface area contributed by atoms with Crippen LogP contribution in [0.25, 0.3) is 0 Å². The van der Waals surface area contributed by atoms with Crippen molar-refractivity contribution in [1.29, 1.82) is 5.26 Å². The Kier molecular flexibility index (Phi) is 20.5. The highest BCUT2D eigenvalue weighted by molar-refractivity contribution is 7.46. The fourth-order valence-corrected chi connectivity index (χ4v) is 4.66. The molecule has 0 saturated carbocycles. The lowest BCUT2D eigenvalue weighted by atomic mass is 10.0. The molecule has 38 heavy (non-hydrogen) atoms. The van der Waals surface area contributed by atoms with E-state index in [-0.39, 0.29) is 25.4 Å². The van der Waals surface area contributed by atoms with E-state index in [9.17, 15) is 8.96 Å². The number of phosphoric acid groups is 1. The summed E-state index contributed by atoms with van der Waals surface area (Å²) in [5, 5.41) is 8.97. The maximum absolute atomic E-state index is 13.6. The molecule has 0 aliphatic heterocycles. The second kappa shape index (κ2) is 22.5. The Balaban J connectivity index is 2.09. The Morgan fingerprint density at radius 2 is 1.37 bits per heavy atom. The molecule has 0 bridgehead atoms. The van der Waals surface area contributed by atoms with Crippen molar-refractivity contribution in [2.45, 2.75) is 122 Å². The van der Waals surface area contributed by atoms with E-state index in [0.29, 0.717) is 12.2 Å². The van der Waals surface area contributed by atoms with Gasteiger partial charge >= 0.3 is 7.82 Å². The number of unbranched alkanes of at least 4 members (excludes halogenated alkanes) is 15. The number of nitriles is 1. The fraction of sp³-hybridized carbons (Fsp3) is 0.759. The number of rotatable bonds is 25. The van der Waals surface area contributed by atoms with Gasteiger partial charge in [0, 0.05) is 6.61 Å². The summed E-state index contributed by atoms with van der Waals surface area (Å²) in [7, 11) is -4.65. The molecular formula is C29H49FNO6P. The lowest BCUT2D eigenvalue weighted by Crippen LogP contribution is -2.25. The summed E-state index contributed by atoms with van der Waals surface area (Å²) in [6.45, 7) is 2.48. The third-order valence-corrected chi connectivity index (χ3v) is 6.93. The Morgan fingerprint density at radius 3 is 1.87 bits per heavy atom. The van der Waals surface area contributed by atoms with E-state index in [1.54, 1.807) is 0 Å². The molecule has 1 aromatic carbocycles. The minimum absolute atomic E-state index is 0.0377.